The summed E-state index contributed by atoms with van der Waals surface area (Å²) in [5.74, 6) is 1.31. The van der Waals surface area contributed by atoms with Gasteiger partial charge in [0.05, 0.1) is 23.0 Å². The smallest absolute Gasteiger partial charge is 0.146 e. The summed E-state index contributed by atoms with van der Waals surface area (Å²) in [5.41, 5.74) is 2.38. The summed E-state index contributed by atoms with van der Waals surface area (Å²) >= 11 is 0. The van der Waals surface area contributed by atoms with Crippen LogP contribution in [-0.4, -0.2) is 35.3 Å². The van der Waals surface area contributed by atoms with Crippen molar-refractivity contribution in [2.45, 2.75) is 45.3 Å². The highest BCUT2D eigenvalue weighted by Gasteiger charge is 2.33. The summed E-state index contributed by atoms with van der Waals surface area (Å²) in [4.78, 5) is 10.9. The second-order valence-corrected chi connectivity index (χ2v) is 7.99. The second-order valence-electron chi connectivity index (χ2n) is 7.99. The Morgan fingerprint density at radius 3 is 2.50 bits per heavy atom. The van der Waals surface area contributed by atoms with Crippen LogP contribution in [0.15, 0.2) is 36.7 Å². The van der Waals surface area contributed by atoms with Crippen molar-refractivity contribution >= 4 is 5.82 Å². The van der Waals surface area contributed by atoms with E-state index >= 15 is 0 Å². The largest absolute Gasteiger partial charge is 0.373 e. The van der Waals surface area contributed by atoms with Gasteiger partial charge in [-0.3, -0.25) is 4.98 Å². The van der Waals surface area contributed by atoms with E-state index in [1.54, 1.807) is 12.4 Å². The van der Waals surface area contributed by atoms with Crippen molar-refractivity contribution in [1.82, 2.24) is 9.97 Å². The average Bonchev–Trinajstić information content (AvgIpc) is 2.59. The third-order valence-corrected chi connectivity index (χ3v) is 4.58. The Balaban J connectivity index is 1.69. The minimum atomic E-state index is -0.0874. The molecule has 0 amide bonds. The fraction of sp³-hybridized carbons (Fsp3) is 0.476. The number of aromatic nitrogens is 2. The number of rotatable bonds is 5. The zero-order valence-electron chi connectivity index (χ0n) is 15.9. The molecule has 0 spiro atoms. The van der Waals surface area contributed by atoms with E-state index in [0.717, 1.165) is 36.5 Å². The van der Waals surface area contributed by atoms with E-state index in [2.05, 4.69) is 36.7 Å². The van der Waals surface area contributed by atoms with Crippen LogP contribution in [0.4, 0.5) is 5.82 Å². The highest BCUT2D eigenvalue weighted by Crippen LogP contribution is 2.34. The van der Waals surface area contributed by atoms with E-state index in [-0.39, 0.29) is 5.60 Å². The van der Waals surface area contributed by atoms with Gasteiger partial charge in [0.25, 0.3) is 0 Å². The number of nitrogens with zero attached hydrogens (tertiary/aromatic N) is 4. The van der Waals surface area contributed by atoms with Gasteiger partial charge < -0.3 is 9.64 Å². The molecule has 2 heterocycles. The van der Waals surface area contributed by atoms with Crippen LogP contribution >= 0.6 is 0 Å². The third kappa shape index (κ3) is 4.39. The molecule has 0 saturated heterocycles. The number of hydrogen-bond donors (Lipinski definition) is 0. The Labute approximate surface area is 155 Å². The van der Waals surface area contributed by atoms with E-state index < -0.39 is 0 Å². The van der Waals surface area contributed by atoms with Gasteiger partial charge in [0.15, 0.2) is 0 Å². The van der Waals surface area contributed by atoms with Gasteiger partial charge in [-0.05, 0) is 63.8 Å². The van der Waals surface area contributed by atoms with Crippen LogP contribution in [0.1, 0.15) is 39.2 Å². The minimum Gasteiger partial charge on any atom is -0.373 e. The summed E-state index contributed by atoms with van der Waals surface area (Å²) < 4.78 is 6.02. The Kier molecular flexibility index (Phi) is 5.24. The molecule has 0 radical (unpaired) electrons. The first-order valence-corrected chi connectivity index (χ1v) is 9.06. The number of nitriles is 1. The molecule has 5 nitrogen and oxygen atoms in total. The molecule has 0 N–H and O–H groups in total. The lowest BCUT2D eigenvalue weighted by molar-refractivity contribution is -0.110. The topological polar surface area (TPSA) is 62.0 Å². The first kappa shape index (κ1) is 18.3. The summed E-state index contributed by atoms with van der Waals surface area (Å²) in [7, 11) is 2.01. The molecule has 0 aromatic carbocycles. The predicted molar refractivity (Wildman–Crippen MR) is 103 cm³/mol. The van der Waals surface area contributed by atoms with E-state index in [1.807, 2.05) is 31.3 Å². The van der Waals surface area contributed by atoms with E-state index in [1.165, 1.54) is 0 Å². The number of anilines is 1. The van der Waals surface area contributed by atoms with E-state index in [0.29, 0.717) is 17.6 Å². The maximum Gasteiger partial charge on any atom is 0.146 e. The normalized spacial score (nSPS) is 19.5. The molecule has 0 unspecified atom stereocenters. The zero-order chi connectivity index (χ0) is 18.7. The molecule has 1 aliphatic rings. The van der Waals surface area contributed by atoms with E-state index in [9.17, 15) is 5.26 Å². The molecule has 136 valence electrons. The average molecular weight is 350 g/mol. The Bertz CT molecular complexity index is 786. The first-order valence-electron chi connectivity index (χ1n) is 9.06. The standard InChI is InChI=1S/C21H26N4O/c1-21(2,3)26-18-11-15(12-18)14-25(4)20-17(13-22)5-6-19(24-20)16-7-9-23-10-8-16/h5-10,15,18H,11-12,14H2,1-4H3. The van der Waals surface area contributed by atoms with Gasteiger partial charge in [0, 0.05) is 31.5 Å². The van der Waals surface area contributed by atoms with Crippen molar-refractivity contribution in [3.05, 3.63) is 42.2 Å². The van der Waals surface area contributed by atoms with Crippen LogP contribution in [0, 0.1) is 17.2 Å². The lowest BCUT2D eigenvalue weighted by atomic mass is 9.81. The van der Waals surface area contributed by atoms with Crippen LogP contribution in [0.5, 0.6) is 0 Å². The maximum absolute atomic E-state index is 9.46. The minimum absolute atomic E-state index is 0.0874. The molecular formula is C21H26N4O. The Morgan fingerprint density at radius 2 is 1.88 bits per heavy atom. The Morgan fingerprint density at radius 1 is 1.19 bits per heavy atom. The first-order chi connectivity index (χ1) is 12.4. The van der Waals surface area contributed by atoms with Crippen LogP contribution < -0.4 is 4.90 Å². The van der Waals surface area contributed by atoms with Crippen molar-refractivity contribution in [2.24, 2.45) is 5.92 Å². The quantitative estimate of drug-likeness (QED) is 0.814. The molecular weight excluding hydrogens is 324 g/mol. The zero-order valence-corrected chi connectivity index (χ0v) is 15.9. The van der Waals surface area contributed by atoms with Crippen LogP contribution in [0.3, 0.4) is 0 Å². The summed E-state index contributed by atoms with van der Waals surface area (Å²) in [6, 6.07) is 9.86. The monoisotopic (exact) mass is 350 g/mol. The van der Waals surface area contributed by atoms with Gasteiger partial charge in [-0.2, -0.15) is 5.26 Å². The van der Waals surface area contributed by atoms with Crippen molar-refractivity contribution in [3.8, 4) is 17.3 Å². The third-order valence-electron chi connectivity index (χ3n) is 4.58. The summed E-state index contributed by atoms with van der Waals surface area (Å²) in [6.07, 6.45) is 5.98. The molecule has 0 aliphatic heterocycles. The van der Waals surface area contributed by atoms with Gasteiger partial charge in [-0.25, -0.2) is 4.98 Å². The summed E-state index contributed by atoms with van der Waals surface area (Å²) in [6.45, 7) is 7.17. The molecule has 1 aliphatic carbocycles. The van der Waals surface area contributed by atoms with E-state index in [4.69, 9.17) is 9.72 Å². The van der Waals surface area contributed by atoms with Gasteiger partial charge in [0.2, 0.25) is 0 Å². The van der Waals surface area contributed by atoms with Crippen LogP contribution in [0.2, 0.25) is 0 Å². The van der Waals surface area contributed by atoms with Gasteiger partial charge >= 0.3 is 0 Å². The van der Waals surface area contributed by atoms with Gasteiger partial charge in [0.1, 0.15) is 11.9 Å². The summed E-state index contributed by atoms with van der Waals surface area (Å²) in [5, 5.41) is 9.46. The van der Waals surface area contributed by atoms with Crippen molar-refractivity contribution < 1.29 is 4.74 Å². The molecule has 1 saturated carbocycles. The SMILES string of the molecule is CN(CC1CC(OC(C)(C)C)C1)c1nc(-c2ccncc2)ccc1C#N. The maximum atomic E-state index is 9.46. The molecule has 1 fully saturated rings. The molecule has 2 aromatic rings. The molecule has 26 heavy (non-hydrogen) atoms. The number of pyridine rings is 2. The fourth-order valence-corrected chi connectivity index (χ4v) is 3.40. The molecule has 0 atom stereocenters. The van der Waals surface area contributed by atoms with Crippen molar-refractivity contribution in [2.75, 3.05) is 18.5 Å². The Hall–Kier alpha value is -2.45. The number of ether oxygens (including phenoxy) is 1. The van der Waals surface area contributed by atoms with Crippen molar-refractivity contribution in [1.29, 1.82) is 5.26 Å². The molecule has 0 bridgehead atoms. The highest BCUT2D eigenvalue weighted by atomic mass is 16.5. The predicted octanol–water partition coefficient (Wildman–Crippen LogP) is 4.05. The van der Waals surface area contributed by atoms with Crippen LogP contribution in [0.25, 0.3) is 11.3 Å². The van der Waals surface area contributed by atoms with Gasteiger partial charge in [-0.1, -0.05) is 0 Å². The van der Waals surface area contributed by atoms with Gasteiger partial charge in [-0.15, -0.1) is 0 Å². The van der Waals surface area contributed by atoms with Crippen LogP contribution in [-0.2, 0) is 4.74 Å². The second kappa shape index (κ2) is 7.43. The van der Waals surface area contributed by atoms with Crippen molar-refractivity contribution in [3.63, 3.8) is 0 Å². The molecule has 5 heteroatoms. The lowest BCUT2D eigenvalue weighted by Gasteiger charge is -2.41. The fourth-order valence-electron chi connectivity index (χ4n) is 3.40. The number of hydrogen-bond acceptors (Lipinski definition) is 5. The molecule has 2 aromatic heterocycles. The highest BCUT2D eigenvalue weighted by molar-refractivity contribution is 5.64. The lowest BCUT2D eigenvalue weighted by Crippen LogP contribution is -2.42. The molecule has 3 rings (SSSR count).